The zero-order valence-corrected chi connectivity index (χ0v) is 19.8. The van der Waals surface area contributed by atoms with Gasteiger partial charge in [-0.2, -0.15) is 0 Å². The zero-order chi connectivity index (χ0) is 24.7. The van der Waals surface area contributed by atoms with Crippen molar-refractivity contribution >= 4 is 46.7 Å². The van der Waals surface area contributed by atoms with Gasteiger partial charge in [-0.3, -0.25) is 5.32 Å². The van der Waals surface area contributed by atoms with Crippen molar-refractivity contribution in [3.63, 3.8) is 0 Å². The summed E-state index contributed by atoms with van der Waals surface area (Å²) in [6, 6.07) is 11.0. The molecular formula is C22H27ClN6O5. The van der Waals surface area contributed by atoms with Gasteiger partial charge in [0.05, 0.1) is 12.3 Å². The van der Waals surface area contributed by atoms with Gasteiger partial charge < -0.3 is 30.6 Å². The van der Waals surface area contributed by atoms with E-state index in [0.717, 1.165) is 0 Å². The summed E-state index contributed by atoms with van der Waals surface area (Å²) in [7, 11) is 0. The fraction of sp³-hybridized carbons (Fsp3) is 0.318. The Morgan fingerprint density at radius 1 is 1.18 bits per heavy atom. The van der Waals surface area contributed by atoms with Gasteiger partial charge >= 0.3 is 12.1 Å². The molecule has 0 spiro atoms. The predicted octanol–water partition coefficient (Wildman–Crippen LogP) is 3.17. The molecule has 0 saturated carbocycles. The highest BCUT2D eigenvalue weighted by atomic mass is 35.5. The quantitative estimate of drug-likeness (QED) is 0.311. The molecule has 1 unspecified atom stereocenters. The van der Waals surface area contributed by atoms with Crippen molar-refractivity contribution in [1.29, 1.82) is 0 Å². The molecule has 1 aliphatic heterocycles. The number of ether oxygens (including phenoxy) is 2. The Morgan fingerprint density at radius 3 is 2.71 bits per heavy atom. The van der Waals surface area contributed by atoms with Crippen LogP contribution in [0.25, 0.3) is 0 Å². The topological polar surface area (TPSA) is 141 Å². The second-order valence-corrected chi connectivity index (χ2v) is 8.72. The monoisotopic (exact) mass is 490 g/mol. The third-order valence-corrected chi connectivity index (χ3v) is 4.53. The van der Waals surface area contributed by atoms with Crippen LogP contribution in [0.4, 0.5) is 26.7 Å². The molecule has 3 amide bonds. The summed E-state index contributed by atoms with van der Waals surface area (Å²) in [5.74, 6) is 0.385. The van der Waals surface area contributed by atoms with E-state index in [1.807, 2.05) is 0 Å². The molecule has 1 atom stereocenters. The Bertz CT molecular complexity index is 1070. The number of nitrogens with zero attached hydrogens (tertiary/aromatic N) is 1. The number of benzene rings is 2. The normalized spacial score (nSPS) is 14.7. The van der Waals surface area contributed by atoms with Crippen LogP contribution in [0.5, 0.6) is 5.75 Å². The van der Waals surface area contributed by atoms with E-state index in [2.05, 4.69) is 26.4 Å². The van der Waals surface area contributed by atoms with Crippen molar-refractivity contribution in [2.45, 2.75) is 32.8 Å². The van der Waals surface area contributed by atoms with Crippen molar-refractivity contribution in [1.82, 2.24) is 10.6 Å². The number of alkyl carbamates (subject to hydrolysis) is 1. The van der Waals surface area contributed by atoms with Gasteiger partial charge in [0.2, 0.25) is 0 Å². The fourth-order valence-corrected chi connectivity index (χ4v) is 3.07. The Labute approximate surface area is 202 Å². The molecule has 2 aromatic carbocycles. The number of carbonyl (C=O) groups excluding carboxylic acids is 2. The van der Waals surface area contributed by atoms with Crippen molar-refractivity contribution in [2.75, 3.05) is 23.8 Å². The van der Waals surface area contributed by atoms with E-state index < -0.39 is 22.9 Å². The molecule has 0 aliphatic carbocycles. The molecule has 0 aromatic heterocycles. The number of guanidine groups is 1. The molecule has 0 saturated heterocycles. The molecule has 1 aliphatic rings. The van der Waals surface area contributed by atoms with E-state index in [4.69, 9.17) is 21.1 Å². The maximum absolute atomic E-state index is 12.5. The van der Waals surface area contributed by atoms with Gasteiger partial charge in [-0.1, -0.05) is 23.7 Å². The van der Waals surface area contributed by atoms with Crippen LogP contribution in [0.15, 0.2) is 47.6 Å². The van der Waals surface area contributed by atoms with Crippen LogP contribution in [0.3, 0.4) is 0 Å². The van der Waals surface area contributed by atoms with E-state index in [1.165, 1.54) is 6.07 Å². The SMILES string of the molecule is CC(C)(C)OC(=O)NCCCOc1ccc(Cl)cc1NC(=O)NC1=N[NH+]([O-])c2ccccc2N1. The van der Waals surface area contributed by atoms with Gasteiger partial charge in [-0.25, -0.2) is 14.8 Å². The van der Waals surface area contributed by atoms with Crippen LogP contribution in [0.2, 0.25) is 5.02 Å². The van der Waals surface area contributed by atoms with Crippen molar-refractivity contribution in [3.8, 4) is 5.75 Å². The predicted molar refractivity (Wildman–Crippen MR) is 129 cm³/mol. The summed E-state index contributed by atoms with van der Waals surface area (Å²) >= 11 is 6.07. The van der Waals surface area contributed by atoms with Gasteiger partial charge in [0.25, 0.3) is 5.96 Å². The fourth-order valence-electron chi connectivity index (χ4n) is 2.90. The van der Waals surface area contributed by atoms with Crippen molar-refractivity contribution in [2.24, 2.45) is 5.10 Å². The molecule has 34 heavy (non-hydrogen) atoms. The van der Waals surface area contributed by atoms with Crippen molar-refractivity contribution in [3.05, 3.63) is 52.7 Å². The molecule has 11 nitrogen and oxygen atoms in total. The lowest BCUT2D eigenvalue weighted by molar-refractivity contribution is -0.783. The van der Waals surface area contributed by atoms with E-state index in [-0.39, 0.29) is 12.6 Å². The highest BCUT2D eigenvalue weighted by Gasteiger charge is 2.20. The molecule has 182 valence electrons. The average Bonchev–Trinajstić information content (AvgIpc) is 2.73. The number of quaternary nitrogens is 1. The number of hydrogen-bond donors (Lipinski definition) is 5. The summed E-state index contributed by atoms with van der Waals surface area (Å²) < 4.78 is 10.9. The molecule has 3 rings (SSSR count). The van der Waals surface area contributed by atoms with Crippen LogP contribution < -0.4 is 31.2 Å². The number of amides is 3. The second kappa shape index (κ2) is 11.1. The summed E-state index contributed by atoms with van der Waals surface area (Å²) in [5, 5.41) is 26.6. The number of halogens is 1. The molecule has 1 heterocycles. The van der Waals surface area contributed by atoms with Gasteiger partial charge in [0.15, 0.2) is 5.69 Å². The van der Waals surface area contributed by atoms with E-state index in [9.17, 15) is 14.8 Å². The first-order chi connectivity index (χ1) is 16.1. The smallest absolute Gasteiger partial charge is 0.407 e. The summed E-state index contributed by atoms with van der Waals surface area (Å²) in [4.78, 5) is 24.2. The van der Waals surface area contributed by atoms with Crippen LogP contribution in [0.1, 0.15) is 27.2 Å². The first-order valence-corrected chi connectivity index (χ1v) is 10.9. The van der Waals surface area contributed by atoms with E-state index in [1.54, 1.807) is 57.2 Å². The lowest BCUT2D eigenvalue weighted by atomic mass is 10.2. The number of fused-ring (bicyclic) bond motifs is 1. The molecule has 12 heteroatoms. The molecule has 2 aromatic rings. The summed E-state index contributed by atoms with van der Waals surface area (Å²) in [6.45, 7) is 5.98. The van der Waals surface area contributed by atoms with Crippen LogP contribution in [0, 0.1) is 5.21 Å². The molecular weight excluding hydrogens is 464 g/mol. The third-order valence-electron chi connectivity index (χ3n) is 4.29. The lowest BCUT2D eigenvalue weighted by Crippen LogP contribution is -2.98. The Balaban J connectivity index is 1.52. The molecule has 0 bridgehead atoms. The van der Waals surface area contributed by atoms with Gasteiger partial charge in [-0.15, -0.1) is 0 Å². The minimum absolute atomic E-state index is 0.00101. The van der Waals surface area contributed by atoms with E-state index >= 15 is 0 Å². The standard InChI is InChI=1S/C22H27ClN6O5/c1-22(2,3)34-21(31)24-11-6-12-33-18-10-9-14(23)13-16(18)26-20(30)27-19-25-15-7-4-5-8-17(15)29(32)28-19/h4-5,7-10,13,29H,6,11-12H2,1-3H3,(H,24,31)(H3,25,26,27,28,30). The number of hydrogen-bond acceptors (Lipinski definition) is 7. The molecule has 0 fully saturated rings. The van der Waals surface area contributed by atoms with Crippen LogP contribution in [-0.2, 0) is 4.74 Å². The van der Waals surface area contributed by atoms with Gasteiger partial charge in [-0.05, 0) is 56.6 Å². The zero-order valence-electron chi connectivity index (χ0n) is 19.0. The Kier molecular flexibility index (Phi) is 8.16. The largest absolute Gasteiger partial charge is 0.601 e. The number of urea groups is 1. The molecule has 5 N–H and O–H groups in total. The minimum atomic E-state index is -0.642. The second-order valence-electron chi connectivity index (χ2n) is 8.29. The first-order valence-electron chi connectivity index (χ1n) is 10.6. The molecule has 0 radical (unpaired) electrons. The maximum atomic E-state index is 12.5. The lowest BCUT2D eigenvalue weighted by Gasteiger charge is -2.24. The number of rotatable bonds is 6. The number of nitrogens with one attached hydrogen (secondary N) is 5. The maximum Gasteiger partial charge on any atom is 0.407 e. The Morgan fingerprint density at radius 2 is 1.94 bits per heavy atom. The van der Waals surface area contributed by atoms with Crippen molar-refractivity contribution < 1.29 is 24.2 Å². The van der Waals surface area contributed by atoms with Crippen LogP contribution >= 0.6 is 11.6 Å². The summed E-state index contributed by atoms with van der Waals surface area (Å²) in [6.07, 6.45) is 0.00816. The Hall–Kier alpha value is -3.54. The number of anilines is 2. The summed E-state index contributed by atoms with van der Waals surface area (Å²) in [5.41, 5.74) is 0.721. The number of carbonyl (C=O) groups is 2. The average molecular weight is 491 g/mol. The van der Waals surface area contributed by atoms with E-state index in [0.29, 0.717) is 40.8 Å². The number of para-hydroxylation sites is 1. The van der Waals surface area contributed by atoms with Gasteiger partial charge in [0, 0.05) is 17.6 Å². The van der Waals surface area contributed by atoms with Gasteiger partial charge in [0.1, 0.15) is 17.0 Å². The van der Waals surface area contributed by atoms with Crippen LogP contribution in [-0.4, -0.2) is 36.8 Å². The highest BCUT2D eigenvalue weighted by Crippen LogP contribution is 2.28. The minimum Gasteiger partial charge on any atom is -0.601 e. The third kappa shape index (κ3) is 7.51. The first kappa shape index (κ1) is 25.1. The highest BCUT2D eigenvalue weighted by molar-refractivity contribution is 6.31.